The molecule has 132 valence electrons. The molecule has 2 heterocycles. The molecule has 0 aromatic heterocycles. The Kier molecular flexibility index (Phi) is 5.11. The third kappa shape index (κ3) is 3.73. The fraction of sp³-hybridized carbons (Fsp3) is 0.632. The fourth-order valence-electron chi connectivity index (χ4n) is 3.95. The molecule has 2 saturated heterocycles. The standard InChI is InChI=1S/C19H28N2O3/c1-20(2)18(22)17-11-19(14-24-17)9-4-10-21(13-19)12-15-5-7-16(23-3)8-6-15/h5-8,17H,4,9-14H2,1-3H3/t17-,19-/m1/s1. The number of rotatable bonds is 4. The van der Waals surface area contributed by atoms with Crippen LogP contribution in [0.2, 0.25) is 0 Å². The number of amides is 1. The topological polar surface area (TPSA) is 42.0 Å². The molecule has 24 heavy (non-hydrogen) atoms. The van der Waals surface area contributed by atoms with E-state index in [4.69, 9.17) is 9.47 Å². The second kappa shape index (κ2) is 7.11. The fourth-order valence-corrected chi connectivity index (χ4v) is 3.95. The summed E-state index contributed by atoms with van der Waals surface area (Å²) in [7, 11) is 5.29. The summed E-state index contributed by atoms with van der Waals surface area (Å²) in [5.74, 6) is 0.988. The van der Waals surface area contributed by atoms with Gasteiger partial charge in [-0.25, -0.2) is 0 Å². The number of benzene rings is 1. The summed E-state index contributed by atoms with van der Waals surface area (Å²) in [4.78, 5) is 16.3. The van der Waals surface area contributed by atoms with Crippen LogP contribution in [0.25, 0.3) is 0 Å². The lowest BCUT2D eigenvalue weighted by Crippen LogP contribution is -2.44. The van der Waals surface area contributed by atoms with Crippen molar-refractivity contribution < 1.29 is 14.3 Å². The van der Waals surface area contributed by atoms with E-state index in [9.17, 15) is 4.79 Å². The van der Waals surface area contributed by atoms with Crippen LogP contribution >= 0.6 is 0 Å². The molecular weight excluding hydrogens is 304 g/mol. The van der Waals surface area contributed by atoms with Crippen molar-refractivity contribution in [1.82, 2.24) is 9.80 Å². The number of carbonyl (C=O) groups is 1. The van der Waals surface area contributed by atoms with E-state index < -0.39 is 0 Å². The summed E-state index contributed by atoms with van der Waals surface area (Å²) in [5, 5.41) is 0. The Hall–Kier alpha value is -1.59. The van der Waals surface area contributed by atoms with Crippen LogP contribution < -0.4 is 4.74 Å². The first-order chi connectivity index (χ1) is 11.5. The smallest absolute Gasteiger partial charge is 0.251 e. The number of hydrogen-bond acceptors (Lipinski definition) is 4. The third-order valence-electron chi connectivity index (χ3n) is 5.23. The van der Waals surface area contributed by atoms with Gasteiger partial charge in [0.2, 0.25) is 0 Å². The number of likely N-dealkylation sites (tertiary alicyclic amines) is 1. The minimum absolute atomic E-state index is 0.0964. The van der Waals surface area contributed by atoms with Crippen LogP contribution in [0.4, 0.5) is 0 Å². The van der Waals surface area contributed by atoms with Gasteiger partial charge in [0.15, 0.2) is 0 Å². The van der Waals surface area contributed by atoms with Gasteiger partial charge in [-0.2, -0.15) is 0 Å². The molecule has 2 aliphatic rings. The Labute approximate surface area is 144 Å². The maximum absolute atomic E-state index is 12.2. The molecule has 1 aromatic carbocycles. The molecule has 0 unspecified atom stereocenters. The number of hydrogen-bond donors (Lipinski definition) is 0. The third-order valence-corrected chi connectivity index (χ3v) is 5.23. The van der Waals surface area contributed by atoms with E-state index >= 15 is 0 Å². The van der Waals surface area contributed by atoms with Crippen molar-refractivity contribution in [2.24, 2.45) is 5.41 Å². The van der Waals surface area contributed by atoms with Crippen molar-refractivity contribution >= 4 is 5.91 Å². The van der Waals surface area contributed by atoms with Crippen LogP contribution in [0, 0.1) is 5.41 Å². The molecule has 1 spiro atoms. The van der Waals surface area contributed by atoms with Gasteiger partial charge in [-0.1, -0.05) is 12.1 Å². The molecular formula is C19H28N2O3. The van der Waals surface area contributed by atoms with Crippen LogP contribution in [0.5, 0.6) is 5.75 Å². The Morgan fingerprint density at radius 1 is 1.38 bits per heavy atom. The monoisotopic (exact) mass is 332 g/mol. The maximum Gasteiger partial charge on any atom is 0.251 e. The lowest BCUT2D eigenvalue weighted by Gasteiger charge is -2.39. The van der Waals surface area contributed by atoms with Crippen molar-refractivity contribution in [1.29, 1.82) is 0 Å². The molecule has 0 saturated carbocycles. The van der Waals surface area contributed by atoms with Gasteiger partial charge >= 0.3 is 0 Å². The number of likely N-dealkylation sites (N-methyl/N-ethyl adjacent to an activating group) is 1. The van der Waals surface area contributed by atoms with Crippen LogP contribution in [-0.4, -0.2) is 62.7 Å². The van der Waals surface area contributed by atoms with E-state index in [-0.39, 0.29) is 17.4 Å². The summed E-state index contributed by atoms with van der Waals surface area (Å²) < 4.78 is 11.1. The van der Waals surface area contributed by atoms with Crippen molar-refractivity contribution in [3.05, 3.63) is 29.8 Å². The second-order valence-electron chi connectivity index (χ2n) is 7.40. The molecule has 0 bridgehead atoms. The molecule has 0 radical (unpaired) electrons. The van der Waals surface area contributed by atoms with Crippen molar-refractivity contribution in [2.75, 3.05) is 40.9 Å². The van der Waals surface area contributed by atoms with E-state index in [2.05, 4.69) is 17.0 Å². The summed E-state index contributed by atoms with van der Waals surface area (Å²) in [6, 6.07) is 8.28. The number of ether oxygens (including phenoxy) is 2. The largest absolute Gasteiger partial charge is 0.497 e. The molecule has 3 rings (SSSR count). The zero-order chi connectivity index (χ0) is 17.2. The van der Waals surface area contributed by atoms with E-state index in [0.29, 0.717) is 6.61 Å². The summed E-state index contributed by atoms with van der Waals surface area (Å²) in [5.41, 5.74) is 1.44. The highest BCUT2D eigenvalue weighted by atomic mass is 16.5. The molecule has 0 N–H and O–H groups in total. The summed E-state index contributed by atoms with van der Waals surface area (Å²) >= 11 is 0. The van der Waals surface area contributed by atoms with E-state index in [1.54, 1.807) is 26.1 Å². The number of piperidine rings is 1. The van der Waals surface area contributed by atoms with Crippen LogP contribution in [0.15, 0.2) is 24.3 Å². The number of nitrogens with zero attached hydrogens (tertiary/aromatic N) is 2. The first kappa shape index (κ1) is 17.2. The van der Waals surface area contributed by atoms with Gasteiger partial charge in [0.25, 0.3) is 5.91 Å². The molecule has 2 aliphatic heterocycles. The van der Waals surface area contributed by atoms with Crippen molar-refractivity contribution in [2.45, 2.75) is 31.9 Å². The highest BCUT2D eigenvalue weighted by molar-refractivity contribution is 5.80. The second-order valence-corrected chi connectivity index (χ2v) is 7.40. The van der Waals surface area contributed by atoms with Gasteiger partial charge in [0, 0.05) is 32.6 Å². The van der Waals surface area contributed by atoms with Crippen molar-refractivity contribution in [3.63, 3.8) is 0 Å². The van der Waals surface area contributed by atoms with E-state index in [1.165, 1.54) is 12.0 Å². The Bertz CT molecular complexity index is 572. The average molecular weight is 332 g/mol. The lowest BCUT2D eigenvalue weighted by atomic mass is 9.78. The minimum atomic E-state index is -0.263. The van der Waals surface area contributed by atoms with Gasteiger partial charge in [0.1, 0.15) is 11.9 Å². The normalized spacial score (nSPS) is 27.4. The minimum Gasteiger partial charge on any atom is -0.497 e. The van der Waals surface area contributed by atoms with Crippen LogP contribution in [0.3, 0.4) is 0 Å². The van der Waals surface area contributed by atoms with E-state index in [0.717, 1.165) is 38.2 Å². The van der Waals surface area contributed by atoms with Gasteiger partial charge in [-0.05, 0) is 43.5 Å². The van der Waals surface area contributed by atoms with Gasteiger partial charge in [-0.3, -0.25) is 9.69 Å². The highest BCUT2D eigenvalue weighted by Gasteiger charge is 2.45. The lowest BCUT2D eigenvalue weighted by molar-refractivity contribution is -0.138. The van der Waals surface area contributed by atoms with E-state index in [1.807, 2.05) is 12.1 Å². The SMILES string of the molecule is COc1ccc(CN2CCC[C@]3(CO[C@@H](C(=O)N(C)C)C3)C2)cc1. The quantitative estimate of drug-likeness (QED) is 0.847. The molecule has 0 aliphatic carbocycles. The number of methoxy groups -OCH3 is 1. The van der Waals surface area contributed by atoms with Crippen molar-refractivity contribution in [3.8, 4) is 5.75 Å². The zero-order valence-electron chi connectivity index (χ0n) is 15.0. The number of carbonyl (C=O) groups excluding carboxylic acids is 1. The first-order valence-corrected chi connectivity index (χ1v) is 8.69. The molecule has 2 atom stereocenters. The average Bonchev–Trinajstić information content (AvgIpc) is 2.98. The Morgan fingerprint density at radius 3 is 2.79 bits per heavy atom. The summed E-state index contributed by atoms with van der Waals surface area (Å²) in [6.07, 6.45) is 2.91. The van der Waals surface area contributed by atoms with Gasteiger partial charge in [0.05, 0.1) is 13.7 Å². The summed E-state index contributed by atoms with van der Waals surface area (Å²) in [6.45, 7) is 3.77. The van der Waals surface area contributed by atoms with Gasteiger partial charge in [-0.15, -0.1) is 0 Å². The molecule has 5 heteroatoms. The molecule has 2 fully saturated rings. The molecule has 1 amide bonds. The zero-order valence-corrected chi connectivity index (χ0v) is 15.0. The first-order valence-electron chi connectivity index (χ1n) is 8.69. The Morgan fingerprint density at radius 2 is 2.12 bits per heavy atom. The Balaban J connectivity index is 1.61. The molecule has 1 aromatic rings. The molecule has 5 nitrogen and oxygen atoms in total. The van der Waals surface area contributed by atoms with Crippen LogP contribution in [0.1, 0.15) is 24.8 Å². The predicted molar refractivity (Wildman–Crippen MR) is 93.0 cm³/mol. The predicted octanol–water partition coefficient (Wildman–Crippen LogP) is 2.15. The van der Waals surface area contributed by atoms with Crippen LogP contribution in [-0.2, 0) is 16.1 Å². The van der Waals surface area contributed by atoms with Gasteiger partial charge < -0.3 is 14.4 Å². The highest BCUT2D eigenvalue weighted by Crippen LogP contribution is 2.41. The maximum atomic E-state index is 12.2.